The highest BCUT2D eigenvalue weighted by molar-refractivity contribution is 6.26. The van der Waals surface area contributed by atoms with Crippen LogP contribution in [0.5, 0.6) is 0 Å². The number of allylic oxidation sites excluding steroid dienone is 2. The van der Waals surface area contributed by atoms with E-state index in [4.69, 9.17) is 0 Å². The third kappa shape index (κ3) is 3.00. The number of hydrogen-bond acceptors (Lipinski definition) is 6. The van der Waals surface area contributed by atoms with Gasteiger partial charge in [-0.3, -0.25) is 19.4 Å². The maximum atomic E-state index is 12.8. The molecule has 1 amide bonds. The topological polar surface area (TPSA) is 73.8 Å². The first-order valence-electron chi connectivity index (χ1n) is 7.13. The van der Waals surface area contributed by atoms with Gasteiger partial charge in [0.15, 0.2) is 0 Å². The molecule has 0 radical (unpaired) electrons. The van der Waals surface area contributed by atoms with Crippen LogP contribution in [0.3, 0.4) is 0 Å². The fourth-order valence-corrected chi connectivity index (χ4v) is 2.45. The lowest BCUT2D eigenvalue weighted by atomic mass is 9.93. The van der Waals surface area contributed by atoms with Gasteiger partial charge in [0.25, 0.3) is 0 Å². The molecule has 0 fully saturated rings. The van der Waals surface area contributed by atoms with Crippen LogP contribution in [-0.4, -0.2) is 78.9 Å². The lowest BCUT2D eigenvalue weighted by molar-refractivity contribution is -0.128. The Morgan fingerprint density at radius 2 is 1.70 bits per heavy atom. The van der Waals surface area contributed by atoms with Crippen molar-refractivity contribution in [2.75, 3.05) is 41.8 Å². The average molecular weight is 316 g/mol. The third-order valence-corrected chi connectivity index (χ3v) is 3.53. The molecule has 0 unspecified atom stereocenters. The fourth-order valence-electron chi connectivity index (χ4n) is 2.45. The van der Waals surface area contributed by atoms with E-state index in [0.717, 1.165) is 0 Å². The Labute approximate surface area is 135 Å². The molecule has 0 spiro atoms. The summed E-state index contributed by atoms with van der Waals surface area (Å²) >= 11 is 0. The van der Waals surface area contributed by atoms with Gasteiger partial charge in [0.2, 0.25) is 17.5 Å². The fraction of sp³-hybridized carbons (Fsp3) is 0.375. The first-order valence-corrected chi connectivity index (χ1v) is 7.13. The number of Topliss-reactive ketones (excluding diaryl/α,β-unsaturated/α-hetero) is 2. The number of carbonyl (C=O) groups is 3. The molecule has 0 N–H and O–H groups in total. The van der Waals surface area contributed by atoms with Crippen LogP contribution in [0, 0.1) is 0 Å². The number of carbonyl (C=O) groups excluding carboxylic acids is 3. The van der Waals surface area contributed by atoms with Gasteiger partial charge in [-0.25, -0.2) is 0 Å². The van der Waals surface area contributed by atoms with Crippen LogP contribution in [0.4, 0.5) is 0 Å². The zero-order valence-electron chi connectivity index (χ0n) is 14.0. The second kappa shape index (κ2) is 6.29. The first-order chi connectivity index (χ1) is 10.8. The molecule has 0 bridgehead atoms. The van der Waals surface area contributed by atoms with Crippen LogP contribution >= 0.6 is 0 Å². The van der Waals surface area contributed by atoms with Gasteiger partial charge in [0.05, 0.1) is 12.1 Å². The zero-order valence-corrected chi connectivity index (χ0v) is 14.0. The smallest absolute Gasteiger partial charge is 0.241 e. The number of fused-ring (bicyclic) bond motifs is 1. The summed E-state index contributed by atoms with van der Waals surface area (Å²) < 4.78 is 0. The van der Waals surface area contributed by atoms with E-state index in [9.17, 15) is 14.4 Å². The normalized spacial score (nSPS) is 14.2. The molecule has 0 aromatic carbocycles. The van der Waals surface area contributed by atoms with E-state index in [1.807, 2.05) is 0 Å². The van der Waals surface area contributed by atoms with Crippen LogP contribution in [0.25, 0.3) is 0 Å². The van der Waals surface area contributed by atoms with Crippen molar-refractivity contribution in [3.63, 3.8) is 0 Å². The van der Waals surface area contributed by atoms with Crippen LogP contribution in [0.2, 0.25) is 0 Å². The molecule has 1 aliphatic rings. The maximum Gasteiger partial charge on any atom is 0.241 e. The number of hydrogen-bond donors (Lipinski definition) is 0. The van der Waals surface area contributed by atoms with Crippen molar-refractivity contribution >= 4 is 17.5 Å². The highest BCUT2D eigenvalue weighted by Crippen LogP contribution is 2.27. The molecule has 0 saturated carbocycles. The Bertz CT molecular complexity index is 707. The van der Waals surface area contributed by atoms with Crippen molar-refractivity contribution in [3.8, 4) is 0 Å². The molecule has 122 valence electrons. The second-order valence-electron chi connectivity index (χ2n) is 5.84. The highest BCUT2D eigenvalue weighted by atomic mass is 16.2. The Balaban J connectivity index is 2.57. The van der Waals surface area contributed by atoms with Crippen LogP contribution in [0.15, 0.2) is 29.7 Å². The van der Waals surface area contributed by atoms with Crippen molar-refractivity contribution in [1.29, 1.82) is 0 Å². The molecule has 0 saturated heterocycles. The molecule has 1 heterocycles. The number of ketones is 2. The number of likely N-dealkylation sites (N-methyl/N-ethyl adjacent to an activating group) is 3. The number of rotatable bonds is 4. The SMILES string of the molecule is CN(C)CC(=O)N(C)C1=C(N(C)C)C(=O)c2ncccc2C1=O. The number of aromatic nitrogens is 1. The quantitative estimate of drug-likeness (QED) is 0.793. The van der Waals surface area contributed by atoms with Crippen molar-refractivity contribution in [1.82, 2.24) is 19.7 Å². The number of pyridine rings is 1. The molecule has 7 nitrogen and oxygen atoms in total. The first kappa shape index (κ1) is 16.8. The van der Waals surface area contributed by atoms with Crippen molar-refractivity contribution in [3.05, 3.63) is 41.0 Å². The van der Waals surface area contributed by atoms with E-state index >= 15 is 0 Å². The van der Waals surface area contributed by atoms with Crippen LogP contribution in [0.1, 0.15) is 20.8 Å². The zero-order chi connectivity index (χ0) is 17.3. The summed E-state index contributed by atoms with van der Waals surface area (Å²) in [4.78, 5) is 46.4. The van der Waals surface area contributed by atoms with Gasteiger partial charge >= 0.3 is 0 Å². The molecule has 23 heavy (non-hydrogen) atoms. The van der Waals surface area contributed by atoms with Gasteiger partial charge in [-0.05, 0) is 26.2 Å². The molecule has 2 rings (SSSR count). The summed E-state index contributed by atoms with van der Waals surface area (Å²) in [6.45, 7) is 0.141. The van der Waals surface area contributed by atoms with Crippen molar-refractivity contribution < 1.29 is 14.4 Å². The Hall–Kier alpha value is -2.54. The van der Waals surface area contributed by atoms with E-state index in [1.165, 1.54) is 18.1 Å². The van der Waals surface area contributed by atoms with Crippen LogP contribution < -0.4 is 0 Å². The number of amides is 1. The van der Waals surface area contributed by atoms with Gasteiger partial charge < -0.3 is 14.7 Å². The third-order valence-electron chi connectivity index (χ3n) is 3.53. The van der Waals surface area contributed by atoms with Crippen molar-refractivity contribution in [2.45, 2.75) is 0 Å². The molecule has 7 heteroatoms. The minimum atomic E-state index is -0.369. The number of nitrogens with zero attached hydrogens (tertiary/aromatic N) is 4. The highest BCUT2D eigenvalue weighted by Gasteiger charge is 2.37. The Morgan fingerprint density at radius 3 is 2.26 bits per heavy atom. The monoisotopic (exact) mass is 316 g/mol. The minimum absolute atomic E-state index is 0.0901. The van der Waals surface area contributed by atoms with Gasteiger partial charge in [0.1, 0.15) is 17.1 Å². The molecule has 1 aromatic rings. The minimum Gasteiger partial charge on any atom is -0.373 e. The van der Waals surface area contributed by atoms with E-state index < -0.39 is 0 Å². The summed E-state index contributed by atoms with van der Waals surface area (Å²) in [7, 11) is 8.37. The second-order valence-corrected chi connectivity index (χ2v) is 5.84. The Kier molecular flexibility index (Phi) is 4.60. The molecule has 0 aliphatic heterocycles. The summed E-state index contributed by atoms with van der Waals surface area (Å²) in [5.74, 6) is -0.992. The predicted molar refractivity (Wildman–Crippen MR) is 84.9 cm³/mol. The van der Waals surface area contributed by atoms with E-state index in [2.05, 4.69) is 4.98 Å². The Morgan fingerprint density at radius 1 is 1.04 bits per heavy atom. The molecule has 0 atom stereocenters. The summed E-state index contributed by atoms with van der Waals surface area (Å²) in [6.07, 6.45) is 1.48. The maximum absolute atomic E-state index is 12.8. The molecular weight excluding hydrogens is 296 g/mol. The van der Waals surface area contributed by atoms with Crippen molar-refractivity contribution in [2.24, 2.45) is 0 Å². The van der Waals surface area contributed by atoms with E-state index in [0.29, 0.717) is 0 Å². The van der Waals surface area contributed by atoms with E-state index in [1.54, 1.807) is 50.1 Å². The lowest BCUT2D eigenvalue weighted by Gasteiger charge is -2.30. The lowest BCUT2D eigenvalue weighted by Crippen LogP contribution is -2.42. The predicted octanol–water partition coefficient (Wildman–Crippen LogP) is 0.254. The molecule has 1 aromatic heterocycles. The van der Waals surface area contributed by atoms with Gasteiger partial charge in [-0.15, -0.1) is 0 Å². The summed E-state index contributed by atoms with van der Waals surface area (Å²) in [5.41, 5.74) is 0.615. The average Bonchev–Trinajstić information content (AvgIpc) is 2.48. The van der Waals surface area contributed by atoms with Gasteiger partial charge in [-0.2, -0.15) is 0 Å². The van der Waals surface area contributed by atoms with E-state index in [-0.39, 0.29) is 46.7 Å². The largest absolute Gasteiger partial charge is 0.373 e. The summed E-state index contributed by atoms with van der Waals surface area (Å²) in [6, 6.07) is 3.16. The van der Waals surface area contributed by atoms with Crippen LogP contribution in [-0.2, 0) is 4.79 Å². The molecule has 1 aliphatic carbocycles. The molecular formula is C16H20N4O3. The van der Waals surface area contributed by atoms with Gasteiger partial charge in [0, 0.05) is 27.3 Å². The summed E-state index contributed by atoms with van der Waals surface area (Å²) in [5, 5.41) is 0. The van der Waals surface area contributed by atoms with Gasteiger partial charge in [-0.1, -0.05) is 0 Å². The standard InChI is InChI=1S/C16H20N4O3/c1-18(2)9-11(21)20(5)14-13(19(3)4)16(23)12-10(15(14)22)7-6-8-17-12/h6-8H,9H2,1-5H3.